The summed E-state index contributed by atoms with van der Waals surface area (Å²) in [5.41, 5.74) is 6.80. The van der Waals surface area contributed by atoms with Gasteiger partial charge in [-0.3, -0.25) is 4.79 Å². The van der Waals surface area contributed by atoms with E-state index in [0.717, 1.165) is 4.31 Å². The molecule has 1 saturated heterocycles. The fourth-order valence-corrected chi connectivity index (χ4v) is 3.48. The number of nitrogens with zero attached hydrogens (tertiary/aromatic N) is 1. The molecule has 1 amide bonds. The van der Waals surface area contributed by atoms with E-state index in [2.05, 4.69) is 0 Å². The summed E-state index contributed by atoms with van der Waals surface area (Å²) in [5.74, 6) is 0.115. The fourth-order valence-electron chi connectivity index (χ4n) is 1.96. The summed E-state index contributed by atoms with van der Waals surface area (Å²) < 4.78 is 28.4. The molecule has 2 rings (SSSR count). The van der Waals surface area contributed by atoms with Gasteiger partial charge in [0.05, 0.1) is 19.3 Å². The van der Waals surface area contributed by atoms with Crippen molar-refractivity contribution < 1.29 is 17.9 Å². The molecule has 1 aromatic carbocycles. The van der Waals surface area contributed by atoms with Crippen LogP contribution in [0.4, 0.5) is 5.69 Å². The first-order chi connectivity index (χ1) is 8.71. The van der Waals surface area contributed by atoms with Crippen LogP contribution < -0.4 is 10.5 Å². The van der Waals surface area contributed by atoms with Crippen molar-refractivity contribution in [3.05, 3.63) is 23.8 Å². The largest absolute Gasteiger partial charge is 0.495 e. The maximum absolute atomic E-state index is 11.9. The van der Waals surface area contributed by atoms with Crippen LogP contribution >= 0.6 is 0 Å². The van der Waals surface area contributed by atoms with E-state index in [1.807, 2.05) is 0 Å². The number of hydrogen-bond acceptors (Lipinski definition) is 5. The number of nitrogens with two attached hydrogens (primary N) is 1. The normalized spacial score (nSPS) is 19.9. The number of amides is 1. The van der Waals surface area contributed by atoms with E-state index in [1.165, 1.54) is 21.0 Å². The Morgan fingerprint density at radius 3 is 2.47 bits per heavy atom. The number of sulfonamides is 1. The molecule has 19 heavy (non-hydrogen) atoms. The van der Waals surface area contributed by atoms with Crippen LogP contribution in [-0.4, -0.2) is 30.5 Å². The van der Waals surface area contributed by atoms with Gasteiger partial charge in [0.1, 0.15) is 5.75 Å². The average Bonchev–Trinajstić information content (AvgIpc) is 2.35. The third-order valence-electron chi connectivity index (χ3n) is 3.30. The highest BCUT2D eigenvalue weighted by atomic mass is 32.2. The number of nitrogen functional groups attached to an aromatic ring is 1. The van der Waals surface area contributed by atoms with E-state index in [-0.39, 0.29) is 6.54 Å². The molecule has 0 atom stereocenters. The highest BCUT2D eigenvalue weighted by molar-refractivity contribution is 7.94. The standard InChI is InChI=1S/C12H16N2O4S/c1-12(2)11(15)14(19(12,16)17)7-8-4-5-10(18-3)9(13)6-8/h4-6H,7,13H2,1-3H3. The van der Waals surface area contributed by atoms with Crippen molar-refractivity contribution in [2.45, 2.75) is 25.1 Å². The maximum atomic E-state index is 11.9. The second kappa shape index (κ2) is 4.12. The number of methoxy groups -OCH3 is 1. The van der Waals surface area contributed by atoms with Crippen molar-refractivity contribution >= 4 is 21.6 Å². The van der Waals surface area contributed by atoms with Crippen LogP contribution in [0.1, 0.15) is 19.4 Å². The molecular formula is C12H16N2O4S. The van der Waals surface area contributed by atoms with Gasteiger partial charge in [-0.1, -0.05) is 6.07 Å². The monoisotopic (exact) mass is 284 g/mol. The van der Waals surface area contributed by atoms with Crippen LogP contribution in [0, 0.1) is 0 Å². The molecule has 104 valence electrons. The molecule has 0 radical (unpaired) electrons. The van der Waals surface area contributed by atoms with Gasteiger partial charge >= 0.3 is 0 Å². The molecule has 7 heteroatoms. The van der Waals surface area contributed by atoms with Crippen molar-refractivity contribution in [2.75, 3.05) is 12.8 Å². The second-order valence-electron chi connectivity index (χ2n) is 4.90. The number of hydrogen-bond donors (Lipinski definition) is 1. The Hall–Kier alpha value is -1.76. The first-order valence-corrected chi connectivity index (χ1v) is 7.15. The Morgan fingerprint density at radius 1 is 1.37 bits per heavy atom. The van der Waals surface area contributed by atoms with Crippen molar-refractivity contribution in [3.63, 3.8) is 0 Å². The Morgan fingerprint density at radius 2 is 2.00 bits per heavy atom. The molecule has 6 nitrogen and oxygen atoms in total. The summed E-state index contributed by atoms with van der Waals surface area (Å²) >= 11 is 0. The minimum atomic E-state index is -3.56. The van der Waals surface area contributed by atoms with Crippen LogP contribution in [0.2, 0.25) is 0 Å². The van der Waals surface area contributed by atoms with Gasteiger partial charge in [-0.05, 0) is 31.5 Å². The van der Waals surface area contributed by atoms with Crippen LogP contribution in [0.15, 0.2) is 18.2 Å². The lowest BCUT2D eigenvalue weighted by Crippen LogP contribution is -2.66. The maximum Gasteiger partial charge on any atom is 0.259 e. The van der Waals surface area contributed by atoms with E-state index >= 15 is 0 Å². The lowest BCUT2D eigenvalue weighted by atomic mass is 10.1. The van der Waals surface area contributed by atoms with Gasteiger partial charge in [0.25, 0.3) is 15.9 Å². The molecule has 2 N–H and O–H groups in total. The smallest absolute Gasteiger partial charge is 0.259 e. The zero-order valence-corrected chi connectivity index (χ0v) is 11.8. The van der Waals surface area contributed by atoms with Gasteiger partial charge in [-0.15, -0.1) is 0 Å². The average molecular weight is 284 g/mol. The van der Waals surface area contributed by atoms with Crippen molar-refractivity contribution in [3.8, 4) is 5.75 Å². The lowest BCUT2D eigenvalue weighted by molar-refractivity contribution is -0.132. The van der Waals surface area contributed by atoms with Gasteiger partial charge in [-0.2, -0.15) is 0 Å². The number of rotatable bonds is 3. The molecule has 0 aliphatic carbocycles. The molecular weight excluding hydrogens is 268 g/mol. The summed E-state index contributed by atoms with van der Waals surface area (Å²) in [6.45, 7) is 2.81. The summed E-state index contributed by atoms with van der Waals surface area (Å²) in [4.78, 5) is 11.8. The highest BCUT2D eigenvalue weighted by Gasteiger charge is 2.59. The summed E-state index contributed by atoms with van der Waals surface area (Å²) in [6.07, 6.45) is 0. The van der Waals surface area contributed by atoms with E-state index in [0.29, 0.717) is 17.0 Å². The molecule has 1 aromatic rings. The number of benzene rings is 1. The number of anilines is 1. The van der Waals surface area contributed by atoms with Gasteiger partial charge in [0.2, 0.25) is 0 Å². The third-order valence-corrected chi connectivity index (χ3v) is 5.64. The first kappa shape index (κ1) is 13.7. The van der Waals surface area contributed by atoms with Gasteiger partial charge in [0.15, 0.2) is 4.75 Å². The van der Waals surface area contributed by atoms with E-state index < -0.39 is 20.7 Å². The van der Waals surface area contributed by atoms with E-state index in [9.17, 15) is 13.2 Å². The van der Waals surface area contributed by atoms with E-state index in [4.69, 9.17) is 10.5 Å². The van der Waals surface area contributed by atoms with Crippen molar-refractivity contribution in [1.29, 1.82) is 0 Å². The Bertz CT molecular complexity index is 637. The number of carbonyl (C=O) groups excluding carboxylic acids is 1. The van der Waals surface area contributed by atoms with Crippen LogP contribution in [0.25, 0.3) is 0 Å². The lowest BCUT2D eigenvalue weighted by Gasteiger charge is -2.43. The third kappa shape index (κ3) is 1.85. The summed E-state index contributed by atoms with van der Waals surface area (Å²) in [5, 5.41) is 0. The molecule has 1 fully saturated rings. The topological polar surface area (TPSA) is 89.7 Å². The van der Waals surface area contributed by atoms with Crippen LogP contribution in [0.3, 0.4) is 0 Å². The SMILES string of the molecule is COc1ccc(CN2C(=O)C(C)(C)S2(=O)=O)cc1N. The molecule has 0 bridgehead atoms. The molecule has 0 saturated carbocycles. The van der Waals surface area contributed by atoms with Gasteiger partial charge in [-0.25, -0.2) is 12.7 Å². The zero-order chi connectivity index (χ0) is 14.4. The predicted octanol–water partition coefficient (Wildman–Crippen LogP) is 0.728. The predicted molar refractivity (Wildman–Crippen MR) is 71.0 cm³/mol. The number of carbonyl (C=O) groups is 1. The Labute approximate surface area is 112 Å². The fraction of sp³-hybridized carbons (Fsp3) is 0.417. The molecule has 1 aliphatic heterocycles. The molecule has 1 heterocycles. The summed E-state index contributed by atoms with van der Waals surface area (Å²) in [7, 11) is -2.07. The Kier molecular flexibility index (Phi) is 2.97. The van der Waals surface area contributed by atoms with Crippen LogP contribution in [-0.2, 0) is 21.4 Å². The van der Waals surface area contributed by atoms with Crippen molar-refractivity contribution in [1.82, 2.24) is 4.31 Å². The summed E-state index contributed by atoms with van der Waals surface area (Å²) in [6, 6.07) is 4.93. The van der Waals surface area contributed by atoms with Gasteiger partial charge < -0.3 is 10.5 Å². The molecule has 0 spiro atoms. The van der Waals surface area contributed by atoms with Crippen LogP contribution in [0.5, 0.6) is 5.75 Å². The molecule has 0 unspecified atom stereocenters. The quantitative estimate of drug-likeness (QED) is 0.826. The minimum Gasteiger partial charge on any atom is -0.495 e. The van der Waals surface area contributed by atoms with Crippen molar-refractivity contribution in [2.24, 2.45) is 0 Å². The second-order valence-corrected chi connectivity index (χ2v) is 7.31. The minimum absolute atomic E-state index is 0.00120. The first-order valence-electron chi connectivity index (χ1n) is 5.71. The molecule has 1 aliphatic rings. The Balaban J connectivity index is 2.25. The van der Waals surface area contributed by atoms with E-state index in [1.54, 1.807) is 18.2 Å². The molecule has 0 aromatic heterocycles. The highest BCUT2D eigenvalue weighted by Crippen LogP contribution is 2.36. The zero-order valence-electron chi connectivity index (χ0n) is 11.0. The van der Waals surface area contributed by atoms with Gasteiger partial charge in [0, 0.05) is 0 Å². The number of ether oxygens (including phenoxy) is 1.